The lowest BCUT2D eigenvalue weighted by atomic mass is 9.87. The van der Waals surface area contributed by atoms with Gasteiger partial charge in [0.1, 0.15) is 5.82 Å². The number of ether oxygens (including phenoxy) is 1. The molecular weight excluding hydrogens is 332 g/mol. The van der Waals surface area contributed by atoms with Gasteiger partial charge in [0.15, 0.2) is 0 Å². The van der Waals surface area contributed by atoms with E-state index in [4.69, 9.17) is 4.74 Å². The van der Waals surface area contributed by atoms with Gasteiger partial charge in [-0.15, -0.1) is 0 Å². The first-order chi connectivity index (χ1) is 8.22. The number of benzene rings is 1. The van der Waals surface area contributed by atoms with Crippen LogP contribution in [0, 0.1) is 15.3 Å². The molecule has 0 aliphatic carbocycles. The summed E-state index contributed by atoms with van der Waals surface area (Å²) in [6.07, 6.45) is 2.14. The predicted molar refractivity (Wildman–Crippen MR) is 74.5 cm³/mol. The molecule has 1 saturated heterocycles. The minimum Gasteiger partial charge on any atom is -0.381 e. The summed E-state index contributed by atoms with van der Waals surface area (Å²) in [7, 11) is 1.97. The Balaban J connectivity index is 2.21. The van der Waals surface area contributed by atoms with Crippen LogP contribution in [0.1, 0.15) is 24.4 Å². The minimum absolute atomic E-state index is 0.167. The first-order valence-electron chi connectivity index (χ1n) is 5.92. The molecule has 2 nitrogen and oxygen atoms in total. The lowest BCUT2D eigenvalue weighted by Crippen LogP contribution is -2.30. The normalized spacial score (nSPS) is 19.2. The molecule has 1 aromatic carbocycles. The van der Waals surface area contributed by atoms with Crippen LogP contribution in [0.2, 0.25) is 0 Å². The molecular formula is C13H17FINO. The molecule has 1 aliphatic rings. The second kappa shape index (κ2) is 6.11. The van der Waals surface area contributed by atoms with Crippen molar-refractivity contribution in [3.8, 4) is 0 Å². The number of halogens is 2. The first-order valence-corrected chi connectivity index (χ1v) is 7.00. The quantitative estimate of drug-likeness (QED) is 0.847. The van der Waals surface area contributed by atoms with Crippen molar-refractivity contribution in [3.05, 3.63) is 33.1 Å². The molecule has 1 N–H and O–H groups in total. The van der Waals surface area contributed by atoms with Gasteiger partial charge >= 0.3 is 0 Å². The van der Waals surface area contributed by atoms with Crippen LogP contribution in [-0.2, 0) is 4.74 Å². The molecule has 0 aromatic heterocycles. The minimum atomic E-state index is -0.167. The summed E-state index contributed by atoms with van der Waals surface area (Å²) in [6, 6.07) is 5.33. The highest BCUT2D eigenvalue weighted by atomic mass is 127. The zero-order chi connectivity index (χ0) is 12.3. The maximum absolute atomic E-state index is 13.1. The monoisotopic (exact) mass is 349 g/mol. The Morgan fingerprint density at radius 3 is 2.71 bits per heavy atom. The van der Waals surface area contributed by atoms with Crippen LogP contribution < -0.4 is 5.32 Å². The fraction of sp³-hybridized carbons (Fsp3) is 0.538. The molecule has 1 fully saturated rings. The summed E-state index contributed by atoms with van der Waals surface area (Å²) in [5.41, 5.74) is 1.20. The summed E-state index contributed by atoms with van der Waals surface area (Å²) in [4.78, 5) is 0. The van der Waals surface area contributed by atoms with Crippen molar-refractivity contribution in [2.45, 2.75) is 18.9 Å². The second-order valence-electron chi connectivity index (χ2n) is 4.38. The first kappa shape index (κ1) is 13.2. The van der Waals surface area contributed by atoms with Crippen molar-refractivity contribution < 1.29 is 9.13 Å². The maximum atomic E-state index is 13.1. The van der Waals surface area contributed by atoms with Gasteiger partial charge in [0.2, 0.25) is 0 Å². The van der Waals surface area contributed by atoms with E-state index in [9.17, 15) is 4.39 Å². The molecule has 1 heterocycles. The summed E-state index contributed by atoms with van der Waals surface area (Å²) in [5.74, 6) is 0.410. The van der Waals surface area contributed by atoms with Crippen molar-refractivity contribution in [3.63, 3.8) is 0 Å². The van der Waals surface area contributed by atoms with Crippen LogP contribution in [0.15, 0.2) is 18.2 Å². The van der Waals surface area contributed by atoms with E-state index in [0.29, 0.717) is 12.0 Å². The number of hydrogen-bond donors (Lipinski definition) is 1. The molecule has 0 spiro atoms. The van der Waals surface area contributed by atoms with E-state index in [1.54, 1.807) is 12.1 Å². The third-order valence-corrected chi connectivity index (χ3v) is 4.28. The Morgan fingerprint density at radius 1 is 1.41 bits per heavy atom. The largest absolute Gasteiger partial charge is 0.381 e. The van der Waals surface area contributed by atoms with Crippen LogP contribution in [0.5, 0.6) is 0 Å². The Kier molecular flexibility index (Phi) is 4.76. The van der Waals surface area contributed by atoms with Crippen LogP contribution in [0.25, 0.3) is 0 Å². The molecule has 1 aliphatic heterocycles. The molecule has 1 unspecified atom stereocenters. The Morgan fingerprint density at radius 2 is 2.12 bits per heavy atom. The molecule has 1 atom stereocenters. The average Bonchev–Trinajstić information content (AvgIpc) is 2.34. The van der Waals surface area contributed by atoms with Gasteiger partial charge in [-0.2, -0.15) is 0 Å². The highest BCUT2D eigenvalue weighted by molar-refractivity contribution is 14.1. The van der Waals surface area contributed by atoms with E-state index < -0.39 is 0 Å². The molecule has 0 bridgehead atoms. The van der Waals surface area contributed by atoms with Gasteiger partial charge in [-0.05, 0) is 66.1 Å². The zero-order valence-corrected chi connectivity index (χ0v) is 12.0. The number of nitrogens with one attached hydrogen (secondary N) is 1. The van der Waals surface area contributed by atoms with Crippen LogP contribution >= 0.6 is 22.6 Å². The smallest absolute Gasteiger partial charge is 0.124 e. The fourth-order valence-electron chi connectivity index (χ4n) is 2.45. The SMILES string of the molecule is CNC(c1ccc(F)cc1I)C1CCOCC1. The molecule has 94 valence electrons. The van der Waals surface area contributed by atoms with Gasteiger partial charge in [-0.25, -0.2) is 4.39 Å². The standard InChI is InChI=1S/C13H17FINO/c1-16-13(9-4-6-17-7-5-9)11-3-2-10(14)8-12(11)15/h2-3,8-9,13,16H,4-7H2,1H3. The van der Waals surface area contributed by atoms with E-state index in [0.717, 1.165) is 29.6 Å². The van der Waals surface area contributed by atoms with Crippen LogP contribution in [-0.4, -0.2) is 20.3 Å². The van der Waals surface area contributed by atoms with E-state index in [1.165, 1.54) is 5.56 Å². The Labute approximate surface area is 115 Å². The molecule has 0 amide bonds. The lowest BCUT2D eigenvalue weighted by Gasteiger charge is -2.31. The van der Waals surface area contributed by atoms with Gasteiger partial charge < -0.3 is 10.1 Å². The van der Waals surface area contributed by atoms with Gasteiger partial charge in [0, 0.05) is 22.8 Å². The summed E-state index contributed by atoms with van der Waals surface area (Å²) >= 11 is 2.21. The third-order valence-electron chi connectivity index (χ3n) is 3.35. The molecule has 2 rings (SSSR count). The topological polar surface area (TPSA) is 21.3 Å². The van der Waals surface area contributed by atoms with Crippen molar-refractivity contribution in [2.75, 3.05) is 20.3 Å². The van der Waals surface area contributed by atoms with Crippen molar-refractivity contribution in [1.82, 2.24) is 5.32 Å². The number of hydrogen-bond acceptors (Lipinski definition) is 2. The van der Waals surface area contributed by atoms with Crippen molar-refractivity contribution >= 4 is 22.6 Å². The highest BCUT2D eigenvalue weighted by Gasteiger charge is 2.25. The lowest BCUT2D eigenvalue weighted by molar-refractivity contribution is 0.0545. The molecule has 17 heavy (non-hydrogen) atoms. The van der Waals surface area contributed by atoms with Gasteiger partial charge in [0.25, 0.3) is 0 Å². The molecule has 0 radical (unpaired) electrons. The molecule has 0 saturated carbocycles. The van der Waals surface area contributed by atoms with Gasteiger partial charge in [-0.3, -0.25) is 0 Å². The van der Waals surface area contributed by atoms with E-state index >= 15 is 0 Å². The van der Waals surface area contributed by atoms with E-state index in [2.05, 4.69) is 27.9 Å². The average molecular weight is 349 g/mol. The highest BCUT2D eigenvalue weighted by Crippen LogP contribution is 2.32. The second-order valence-corrected chi connectivity index (χ2v) is 5.54. The predicted octanol–water partition coefficient (Wildman–Crippen LogP) is 3.12. The maximum Gasteiger partial charge on any atom is 0.124 e. The fourth-order valence-corrected chi connectivity index (χ4v) is 3.26. The van der Waals surface area contributed by atoms with Crippen LogP contribution in [0.4, 0.5) is 4.39 Å². The van der Waals surface area contributed by atoms with Gasteiger partial charge in [-0.1, -0.05) is 6.07 Å². The summed E-state index contributed by atoms with van der Waals surface area (Å²) in [5, 5.41) is 3.37. The number of rotatable bonds is 3. The van der Waals surface area contributed by atoms with Crippen molar-refractivity contribution in [2.24, 2.45) is 5.92 Å². The van der Waals surface area contributed by atoms with E-state index in [-0.39, 0.29) is 5.82 Å². The molecule has 4 heteroatoms. The van der Waals surface area contributed by atoms with Gasteiger partial charge in [0.05, 0.1) is 0 Å². The molecule has 1 aromatic rings. The Hall–Kier alpha value is -0.200. The summed E-state index contributed by atoms with van der Waals surface area (Å²) < 4.78 is 19.5. The Bertz CT molecular complexity index is 380. The van der Waals surface area contributed by atoms with Crippen LogP contribution in [0.3, 0.4) is 0 Å². The van der Waals surface area contributed by atoms with E-state index in [1.807, 2.05) is 13.1 Å². The third kappa shape index (κ3) is 3.17. The zero-order valence-electron chi connectivity index (χ0n) is 9.88. The summed E-state index contributed by atoms with van der Waals surface area (Å²) in [6.45, 7) is 1.67. The van der Waals surface area contributed by atoms with Crippen molar-refractivity contribution in [1.29, 1.82) is 0 Å².